The normalized spacial score (nSPS) is 11.3. The average molecular weight is 268 g/mol. The van der Waals surface area contributed by atoms with Gasteiger partial charge in [-0.3, -0.25) is 4.79 Å². The zero-order chi connectivity index (χ0) is 10.8. The fourth-order valence-corrected chi connectivity index (χ4v) is 1.61. The van der Waals surface area contributed by atoms with Crippen molar-refractivity contribution in [2.75, 3.05) is 0 Å². The van der Waals surface area contributed by atoms with E-state index < -0.39 is 0 Å². The van der Waals surface area contributed by atoms with Crippen molar-refractivity contribution in [1.82, 2.24) is 0 Å². The van der Waals surface area contributed by atoms with Crippen LogP contribution in [-0.2, 0) is 0 Å². The predicted molar refractivity (Wildman–Crippen MR) is 59.6 cm³/mol. The molecule has 1 aromatic heterocycles. The predicted octanol–water partition coefficient (Wildman–Crippen LogP) is 2.36. The second-order valence-corrected chi connectivity index (χ2v) is 3.82. The Labute approximate surface area is 93.0 Å². The standard InChI is InChI=1S/C10H6BrNO3/c11-7-1-2-8-9(3-7)15-5-6(4-12-14)10(8)13/h1-5,14H/b12-4+. The quantitative estimate of drug-likeness (QED) is 0.490. The first-order valence-electron chi connectivity index (χ1n) is 4.11. The zero-order valence-corrected chi connectivity index (χ0v) is 9.06. The average Bonchev–Trinajstić information content (AvgIpc) is 2.22. The summed E-state index contributed by atoms with van der Waals surface area (Å²) in [5.74, 6) is 0. The van der Waals surface area contributed by atoms with Crippen LogP contribution in [0.25, 0.3) is 11.0 Å². The van der Waals surface area contributed by atoms with Gasteiger partial charge in [0.15, 0.2) is 0 Å². The van der Waals surface area contributed by atoms with E-state index in [1.54, 1.807) is 18.2 Å². The molecule has 0 fully saturated rings. The lowest BCUT2D eigenvalue weighted by Gasteiger charge is -1.97. The van der Waals surface area contributed by atoms with Gasteiger partial charge in [-0.05, 0) is 18.2 Å². The van der Waals surface area contributed by atoms with Crippen LogP contribution < -0.4 is 5.43 Å². The van der Waals surface area contributed by atoms with E-state index >= 15 is 0 Å². The second-order valence-electron chi connectivity index (χ2n) is 2.91. The van der Waals surface area contributed by atoms with Gasteiger partial charge in [0, 0.05) is 4.47 Å². The van der Waals surface area contributed by atoms with Gasteiger partial charge >= 0.3 is 0 Å². The molecule has 1 N–H and O–H groups in total. The minimum Gasteiger partial charge on any atom is -0.463 e. The Kier molecular flexibility index (Phi) is 2.55. The molecule has 2 aromatic rings. The van der Waals surface area contributed by atoms with E-state index in [4.69, 9.17) is 9.62 Å². The summed E-state index contributed by atoms with van der Waals surface area (Å²) in [4.78, 5) is 11.8. The van der Waals surface area contributed by atoms with Crippen LogP contribution in [0.3, 0.4) is 0 Å². The highest BCUT2D eigenvalue weighted by atomic mass is 79.9. The van der Waals surface area contributed by atoms with Crippen molar-refractivity contribution in [2.45, 2.75) is 0 Å². The number of fused-ring (bicyclic) bond motifs is 1. The molecule has 0 saturated heterocycles. The molecule has 0 radical (unpaired) electrons. The van der Waals surface area contributed by atoms with Gasteiger partial charge in [-0.25, -0.2) is 0 Å². The van der Waals surface area contributed by atoms with E-state index in [9.17, 15) is 4.79 Å². The van der Waals surface area contributed by atoms with Crippen molar-refractivity contribution in [3.8, 4) is 0 Å². The van der Waals surface area contributed by atoms with Crippen molar-refractivity contribution >= 4 is 33.1 Å². The minimum atomic E-state index is -0.221. The molecule has 0 atom stereocenters. The minimum absolute atomic E-state index is 0.215. The molecule has 0 amide bonds. The summed E-state index contributed by atoms with van der Waals surface area (Å²) in [6.07, 6.45) is 2.31. The molecule has 0 saturated carbocycles. The molecule has 0 aliphatic heterocycles. The summed E-state index contributed by atoms with van der Waals surface area (Å²) in [6, 6.07) is 5.11. The lowest BCUT2D eigenvalue weighted by Crippen LogP contribution is -2.07. The first-order chi connectivity index (χ1) is 7.22. The Balaban J connectivity index is 2.80. The molecule has 0 spiro atoms. The summed E-state index contributed by atoms with van der Waals surface area (Å²) >= 11 is 3.28. The number of oxime groups is 1. The smallest absolute Gasteiger partial charge is 0.201 e. The maximum atomic E-state index is 11.8. The Morgan fingerprint density at radius 3 is 3.00 bits per heavy atom. The molecule has 0 bridgehead atoms. The maximum absolute atomic E-state index is 11.8. The first kappa shape index (κ1) is 9.92. The van der Waals surface area contributed by atoms with Crippen molar-refractivity contribution < 1.29 is 9.62 Å². The van der Waals surface area contributed by atoms with Crippen molar-refractivity contribution in [1.29, 1.82) is 0 Å². The Hall–Kier alpha value is -1.62. The van der Waals surface area contributed by atoms with Gasteiger partial charge in [-0.1, -0.05) is 21.1 Å². The molecule has 0 aliphatic carbocycles. The Morgan fingerprint density at radius 1 is 1.47 bits per heavy atom. The Morgan fingerprint density at radius 2 is 2.27 bits per heavy atom. The van der Waals surface area contributed by atoms with Crippen LogP contribution in [0.5, 0.6) is 0 Å². The zero-order valence-electron chi connectivity index (χ0n) is 7.48. The molecule has 15 heavy (non-hydrogen) atoms. The lowest BCUT2D eigenvalue weighted by atomic mass is 10.2. The summed E-state index contributed by atoms with van der Waals surface area (Å²) in [5, 5.41) is 11.6. The third-order valence-corrected chi connectivity index (χ3v) is 2.45. The summed E-state index contributed by atoms with van der Waals surface area (Å²) < 4.78 is 6.06. The highest BCUT2D eigenvalue weighted by Gasteiger charge is 2.05. The van der Waals surface area contributed by atoms with Gasteiger partial charge in [0.1, 0.15) is 11.8 Å². The highest BCUT2D eigenvalue weighted by molar-refractivity contribution is 9.10. The van der Waals surface area contributed by atoms with Crippen molar-refractivity contribution in [3.63, 3.8) is 0 Å². The number of rotatable bonds is 1. The van der Waals surface area contributed by atoms with Crippen LogP contribution in [0.15, 0.2) is 43.3 Å². The summed E-state index contributed by atoms with van der Waals surface area (Å²) in [6.45, 7) is 0. The van der Waals surface area contributed by atoms with Gasteiger partial charge in [0.25, 0.3) is 0 Å². The van der Waals surface area contributed by atoms with Crippen LogP contribution in [0.1, 0.15) is 5.56 Å². The SMILES string of the molecule is O=c1c(/C=N/O)coc2cc(Br)ccc12. The van der Waals surface area contributed by atoms with E-state index in [0.717, 1.165) is 10.7 Å². The summed E-state index contributed by atoms with van der Waals surface area (Å²) in [5.41, 5.74) is 0.485. The van der Waals surface area contributed by atoms with Crippen LogP contribution in [-0.4, -0.2) is 11.4 Å². The molecule has 5 heteroatoms. The number of hydrogen-bond acceptors (Lipinski definition) is 4. The van der Waals surface area contributed by atoms with E-state index in [-0.39, 0.29) is 11.0 Å². The van der Waals surface area contributed by atoms with Crippen molar-refractivity contribution in [3.05, 3.63) is 44.7 Å². The second kappa shape index (κ2) is 3.86. The molecule has 0 unspecified atom stereocenters. The fraction of sp³-hybridized carbons (Fsp3) is 0. The molecular weight excluding hydrogens is 262 g/mol. The molecule has 76 valence electrons. The van der Waals surface area contributed by atoms with Gasteiger partial charge < -0.3 is 9.62 Å². The molecule has 0 aliphatic rings. The largest absolute Gasteiger partial charge is 0.463 e. The fourth-order valence-electron chi connectivity index (χ4n) is 1.27. The van der Waals surface area contributed by atoms with E-state index in [2.05, 4.69) is 21.1 Å². The summed E-state index contributed by atoms with van der Waals surface area (Å²) in [7, 11) is 0. The van der Waals surface area contributed by atoms with Crippen molar-refractivity contribution in [2.24, 2.45) is 5.16 Å². The Bertz CT molecular complexity index is 589. The number of hydrogen-bond donors (Lipinski definition) is 1. The van der Waals surface area contributed by atoms with Gasteiger partial charge in [-0.2, -0.15) is 0 Å². The maximum Gasteiger partial charge on any atom is 0.201 e. The molecule has 4 nitrogen and oxygen atoms in total. The molecular formula is C10H6BrNO3. The lowest BCUT2D eigenvalue weighted by molar-refractivity contribution is 0.321. The topological polar surface area (TPSA) is 62.8 Å². The van der Waals surface area contributed by atoms with Crippen LogP contribution in [0.4, 0.5) is 0 Å². The molecule has 2 rings (SSSR count). The number of benzene rings is 1. The van der Waals surface area contributed by atoms with E-state index in [0.29, 0.717) is 11.0 Å². The van der Waals surface area contributed by atoms with Crippen LogP contribution in [0, 0.1) is 0 Å². The number of nitrogens with zero attached hydrogens (tertiary/aromatic N) is 1. The first-order valence-corrected chi connectivity index (χ1v) is 4.90. The van der Waals surface area contributed by atoms with E-state index in [1.165, 1.54) is 6.26 Å². The monoisotopic (exact) mass is 267 g/mol. The van der Waals surface area contributed by atoms with Gasteiger partial charge in [0.2, 0.25) is 5.43 Å². The van der Waals surface area contributed by atoms with Gasteiger partial charge in [0.05, 0.1) is 17.2 Å². The van der Waals surface area contributed by atoms with Crippen LogP contribution in [0.2, 0.25) is 0 Å². The van der Waals surface area contributed by atoms with Crippen LogP contribution >= 0.6 is 15.9 Å². The third kappa shape index (κ3) is 1.78. The molecule has 1 heterocycles. The highest BCUT2D eigenvalue weighted by Crippen LogP contribution is 2.17. The van der Waals surface area contributed by atoms with Gasteiger partial charge in [-0.15, -0.1) is 0 Å². The number of halogens is 1. The van der Waals surface area contributed by atoms with E-state index in [1.807, 2.05) is 0 Å². The molecule has 1 aromatic carbocycles. The third-order valence-electron chi connectivity index (χ3n) is 1.96.